The summed E-state index contributed by atoms with van der Waals surface area (Å²) in [6.07, 6.45) is 4.49. The zero-order valence-corrected chi connectivity index (χ0v) is 15.3. The van der Waals surface area contributed by atoms with Crippen molar-refractivity contribution in [2.45, 2.75) is 25.7 Å². The summed E-state index contributed by atoms with van der Waals surface area (Å²) in [5.41, 5.74) is 2.26. The molecule has 0 bridgehead atoms. The van der Waals surface area contributed by atoms with E-state index in [0.29, 0.717) is 11.5 Å². The van der Waals surface area contributed by atoms with Crippen LogP contribution >= 0.6 is 0 Å². The van der Waals surface area contributed by atoms with Gasteiger partial charge >= 0.3 is 0 Å². The molecule has 138 valence electrons. The molecule has 1 saturated heterocycles. The molecule has 0 radical (unpaired) electrons. The molecule has 4 rings (SSSR count). The molecule has 1 aliphatic carbocycles. The molecule has 1 saturated carbocycles. The summed E-state index contributed by atoms with van der Waals surface area (Å²) in [6, 6.07) is 13.4. The van der Waals surface area contributed by atoms with Crippen LogP contribution in [0.5, 0.6) is 0 Å². The predicted molar refractivity (Wildman–Crippen MR) is 103 cm³/mol. The monoisotopic (exact) mass is 361 g/mol. The van der Waals surface area contributed by atoms with Crippen LogP contribution < -0.4 is 4.90 Å². The number of hydrogen-bond acceptors (Lipinski definition) is 5. The Morgan fingerprint density at radius 2 is 1.81 bits per heavy atom. The van der Waals surface area contributed by atoms with Crippen LogP contribution in [0.15, 0.2) is 36.4 Å². The van der Waals surface area contributed by atoms with Crippen LogP contribution in [-0.4, -0.2) is 47.2 Å². The first-order valence-corrected chi connectivity index (χ1v) is 9.62. The number of carbonyl (C=O) groups excluding carboxylic acids is 1. The highest BCUT2D eigenvalue weighted by Gasteiger charge is 2.29. The Kier molecular flexibility index (Phi) is 5.01. The fourth-order valence-electron chi connectivity index (χ4n) is 3.98. The van der Waals surface area contributed by atoms with E-state index in [2.05, 4.69) is 21.2 Å². The summed E-state index contributed by atoms with van der Waals surface area (Å²) >= 11 is 0. The maximum absolute atomic E-state index is 12.6. The Balaban J connectivity index is 1.38. The minimum absolute atomic E-state index is 0.250. The van der Waals surface area contributed by atoms with Crippen molar-refractivity contribution in [2.24, 2.45) is 5.92 Å². The van der Waals surface area contributed by atoms with Gasteiger partial charge in [-0.1, -0.05) is 25.0 Å². The number of aromatic nitrogens is 2. The number of anilines is 1. The first-order chi connectivity index (χ1) is 13.2. The topological polar surface area (TPSA) is 73.1 Å². The van der Waals surface area contributed by atoms with Crippen molar-refractivity contribution < 1.29 is 4.79 Å². The molecule has 1 aliphatic heterocycles. The molecule has 2 heterocycles. The van der Waals surface area contributed by atoms with Crippen molar-refractivity contribution >= 4 is 11.7 Å². The van der Waals surface area contributed by atoms with Crippen molar-refractivity contribution in [1.29, 1.82) is 5.26 Å². The van der Waals surface area contributed by atoms with Gasteiger partial charge in [0.2, 0.25) is 5.91 Å². The smallest absolute Gasteiger partial charge is 0.225 e. The number of nitrogens with zero attached hydrogens (tertiary/aromatic N) is 5. The second kappa shape index (κ2) is 7.75. The zero-order chi connectivity index (χ0) is 18.6. The number of piperazine rings is 1. The predicted octanol–water partition coefficient (Wildman–Crippen LogP) is 2.85. The molecular formula is C21H23N5O. The SMILES string of the molecule is N#Cc1cccc(-c2ccc(N3CCN(C(=O)C4CCCC4)CC3)nn2)c1. The van der Waals surface area contributed by atoms with E-state index in [4.69, 9.17) is 5.26 Å². The summed E-state index contributed by atoms with van der Waals surface area (Å²) in [7, 11) is 0. The number of amides is 1. The molecule has 1 aromatic carbocycles. The van der Waals surface area contributed by atoms with Crippen molar-refractivity contribution in [3.05, 3.63) is 42.0 Å². The van der Waals surface area contributed by atoms with E-state index < -0.39 is 0 Å². The van der Waals surface area contributed by atoms with Gasteiger partial charge in [0.1, 0.15) is 0 Å². The van der Waals surface area contributed by atoms with Crippen LogP contribution in [0.25, 0.3) is 11.3 Å². The first-order valence-electron chi connectivity index (χ1n) is 9.62. The minimum Gasteiger partial charge on any atom is -0.352 e. The molecule has 2 aromatic rings. The number of hydrogen-bond donors (Lipinski definition) is 0. The van der Waals surface area contributed by atoms with Crippen LogP contribution in [0.1, 0.15) is 31.2 Å². The fraction of sp³-hybridized carbons (Fsp3) is 0.429. The Hall–Kier alpha value is -2.94. The van der Waals surface area contributed by atoms with Crippen molar-refractivity contribution in [3.8, 4) is 17.3 Å². The second-order valence-corrected chi connectivity index (χ2v) is 7.26. The van der Waals surface area contributed by atoms with Crippen LogP contribution in [0.4, 0.5) is 5.82 Å². The number of carbonyl (C=O) groups is 1. The lowest BCUT2D eigenvalue weighted by Crippen LogP contribution is -2.50. The van der Waals surface area contributed by atoms with E-state index in [0.717, 1.165) is 56.1 Å². The van der Waals surface area contributed by atoms with E-state index in [-0.39, 0.29) is 5.92 Å². The standard InChI is InChI=1S/C21H23N5O/c22-15-16-4-3-7-18(14-16)19-8-9-20(24-23-19)25-10-12-26(13-11-25)21(27)17-5-1-2-6-17/h3-4,7-9,14,17H,1-2,5-6,10-13H2. The number of benzene rings is 1. The third kappa shape index (κ3) is 3.77. The summed E-state index contributed by atoms with van der Waals surface area (Å²) < 4.78 is 0. The summed E-state index contributed by atoms with van der Waals surface area (Å²) in [5.74, 6) is 1.42. The van der Waals surface area contributed by atoms with E-state index in [1.165, 1.54) is 12.8 Å². The molecule has 0 atom stereocenters. The van der Waals surface area contributed by atoms with Crippen LogP contribution in [0.2, 0.25) is 0 Å². The Labute approximate surface area is 159 Å². The number of rotatable bonds is 3. The highest BCUT2D eigenvalue weighted by atomic mass is 16.2. The molecule has 6 heteroatoms. The van der Waals surface area contributed by atoms with Gasteiger partial charge in [0.25, 0.3) is 0 Å². The van der Waals surface area contributed by atoms with Crippen molar-refractivity contribution in [2.75, 3.05) is 31.1 Å². The lowest BCUT2D eigenvalue weighted by atomic mass is 10.1. The lowest BCUT2D eigenvalue weighted by Gasteiger charge is -2.36. The van der Waals surface area contributed by atoms with Gasteiger partial charge in [-0.2, -0.15) is 5.26 Å². The van der Waals surface area contributed by atoms with Gasteiger partial charge in [-0.15, -0.1) is 10.2 Å². The summed E-state index contributed by atoms with van der Waals surface area (Å²) in [5, 5.41) is 17.7. The molecular weight excluding hydrogens is 338 g/mol. The molecule has 6 nitrogen and oxygen atoms in total. The van der Waals surface area contributed by atoms with Gasteiger partial charge in [0, 0.05) is 37.7 Å². The molecule has 2 aliphatic rings. The maximum Gasteiger partial charge on any atom is 0.225 e. The summed E-state index contributed by atoms with van der Waals surface area (Å²) in [6.45, 7) is 3.08. The Morgan fingerprint density at radius 1 is 1.04 bits per heavy atom. The molecule has 2 fully saturated rings. The third-order valence-corrected chi connectivity index (χ3v) is 5.56. The van der Waals surface area contributed by atoms with Gasteiger partial charge in [0.15, 0.2) is 5.82 Å². The van der Waals surface area contributed by atoms with Crippen LogP contribution in [0.3, 0.4) is 0 Å². The van der Waals surface area contributed by atoms with E-state index in [1.54, 1.807) is 6.07 Å². The first kappa shape index (κ1) is 17.5. The average Bonchev–Trinajstić information content (AvgIpc) is 3.28. The summed E-state index contributed by atoms with van der Waals surface area (Å²) in [4.78, 5) is 16.8. The number of nitriles is 1. The maximum atomic E-state index is 12.6. The van der Waals surface area contributed by atoms with Gasteiger partial charge in [-0.3, -0.25) is 4.79 Å². The van der Waals surface area contributed by atoms with Gasteiger partial charge < -0.3 is 9.80 Å². The molecule has 1 aromatic heterocycles. The molecule has 0 unspecified atom stereocenters. The quantitative estimate of drug-likeness (QED) is 0.840. The Bertz CT molecular complexity index is 844. The fourth-order valence-corrected chi connectivity index (χ4v) is 3.98. The van der Waals surface area contributed by atoms with E-state index in [9.17, 15) is 4.79 Å². The van der Waals surface area contributed by atoms with Gasteiger partial charge in [-0.05, 0) is 37.1 Å². The second-order valence-electron chi connectivity index (χ2n) is 7.26. The molecule has 0 spiro atoms. The molecule has 27 heavy (non-hydrogen) atoms. The van der Waals surface area contributed by atoms with Crippen LogP contribution in [-0.2, 0) is 4.79 Å². The van der Waals surface area contributed by atoms with Gasteiger partial charge in [0.05, 0.1) is 17.3 Å². The van der Waals surface area contributed by atoms with Crippen molar-refractivity contribution in [1.82, 2.24) is 15.1 Å². The highest BCUT2D eigenvalue weighted by molar-refractivity contribution is 5.79. The minimum atomic E-state index is 0.250. The van der Waals surface area contributed by atoms with Crippen molar-refractivity contribution in [3.63, 3.8) is 0 Å². The van der Waals surface area contributed by atoms with Gasteiger partial charge in [-0.25, -0.2) is 0 Å². The normalized spacial score (nSPS) is 17.7. The molecule has 1 amide bonds. The average molecular weight is 361 g/mol. The molecule has 0 N–H and O–H groups in total. The lowest BCUT2D eigenvalue weighted by molar-refractivity contribution is -0.135. The third-order valence-electron chi connectivity index (χ3n) is 5.56. The highest BCUT2D eigenvalue weighted by Crippen LogP contribution is 2.27. The largest absolute Gasteiger partial charge is 0.352 e. The van der Waals surface area contributed by atoms with E-state index in [1.807, 2.05) is 35.2 Å². The zero-order valence-electron chi connectivity index (χ0n) is 15.3. The Morgan fingerprint density at radius 3 is 2.48 bits per heavy atom. The van der Waals surface area contributed by atoms with E-state index >= 15 is 0 Å². The van der Waals surface area contributed by atoms with Crippen LogP contribution in [0, 0.1) is 17.2 Å².